The summed E-state index contributed by atoms with van der Waals surface area (Å²) in [6, 6.07) is 10.2. The lowest BCUT2D eigenvalue weighted by Gasteiger charge is -2.34. The molecule has 1 aliphatic rings. The topological polar surface area (TPSA) is 54.3 Å². The quantitative estimate of drug-likeness (QED) is 0.474. The molecule has 0 aliphatic carbocycles. The lowest BCUT2D eigenvalue weighted by molar-refractivity contribution is -0.130. The van der Waals surface area contributed by atoms with Crippen molar-refractivity contribution in [1.82, 2.24) is 24.6 Å². The predicted octanol–water partition coefficient (Wildman–Crippen LogP) is 4.46. The maximum Gasteiger partial charge on any atom is 0.233 e. The molecule has 1 aromatic heterocycles. The summed E-state index contributed by atoms with van der Waals surface area (Å²) in [7, 11) is 0. The van der Waals surface area contributed by atoms with Crippen molar-refractivity contribution in [1.29, 1.82) is 0 Å². The van der Waals surface area contributed by atoms with E-state index >= 15 is 0 Å². The van der Waals surface area contributed by atoms with Gasteiger partial charge in [-0.3, -0.25) is 14.3 Å². The van der Waals surface area contributed by atoms with Gasteiger partial charge in [0.2, 0.25) is 5.91 Å². The first kappa shape index (κ1) is 23.0. The molecule has 1 saturated heterocycles. The van der Waals surface area contributed by atoms with Gasteiger partial charge in [0.15, 0.2) is 5.16 Å². The molecule has 0 atom stereocenters. The summed E-state index contributed by atoms with van der Waals surface area (Å²) in [5, 5.41) is 9.88. The van der Waals surface area contributed by atoms with Gasteiger partial charge in [0.05, 0.1) is 11.4 Å². The third-order valence-electron chi connectivity index (χ3n) is 5.41. The summed E-state index contributed by atoms with van der Waals surface area (Å²) < 4.78 is 15.1. The van der Waals surface area contributed by atoms with E-state index in [1.54, 1.807) is 12.4 Å². The van der Waals surface area contributed by atoms with Crippen LogP contribution in [0.3, 0.4) is 0 Å². The van der Waals surface area contributed by atoms with Crippen molar-refractivity contribution in [3.63, 3.8) is 0 Å². The van der Waals surface area contributed by atoms with Crippen molar-refractivity contribution in [2.45, 2.75) is 18.6 Å². The van der Waals surface area contributed by atoms with Crippen LogP contribution in [0.25, 0.3) is 5.69 Å². The van der Waals surface area contributed by atoms with E-state index in [-0.39, 0.29) is 17.5 Å². The number of nitrogens with zero attached hydrogens (tertiary/aromatic N) is 5. The van der Waals surface area contributed by atoms with Gasteiger partial charge in [-0.25, -0.2) is 4.39 Å². The van der Waals surface area contributed by atoms with E-state index in [9.17, 15) is 9.18 Å². The SMILES string of the molecule is Cc1ccc(-n2cnnc2SCC(=O)N2CCN(Cc3ccc(F)cc3Cl)CC2)cc1Cl. The average molecular weight is 494 g/mol. The molecule has 0 spiro atoms. The molecule has 0 radical (unpaired) electrons. The van der Waals surface area contributed by atoms with Crippen LogP contribution < -0.4 is 0 Å². The minimum absolute atomic E-state index is 0.0611. The van der Waals surface area contributed by atoms with Crippen LogP contribution in [0.2, 0.25) is 10.0 Å². The van der Waals surface area contributed by atoms with Crippen LogP contribution in [0.4, 0.5) is 4.39 Å². The highest BCUT2D eigenvalue weighted by atomic mass is 35.5. The smallest absolute Gasteiger partial charge is 0.233 e. The molecule has 168 valence electrons. The van der Waals surface area contributed by atoms with Crippen LogP contribution in [0.5, 0.6) is 0 Å². The fraction of sp³-hybridized carbons (Fsp3) is 0.318. The number of piperazine rings is 1. The molecule has 1 amide bonds. The third kappa shape index (κ3) is 5.43. The van der Waals surface area contributed by atoms with E-state index in [0.717, 1.165) is 29.9 Å². The maximum atomic E-state index is 13.2. The highest BCUT2D eigenvalue weighted by molar-refractivity contribution is 7.99. The average Bonchev–Trinajstić information content (AvgIpc) is 3.25. The molecule has 1 aliphatic heterocycles. The molecular weight excluding hydrogens is 472 g/mol. The Morgan fingerprint density at radius 1 is 1.09 bits per heavy atom. The van der Waals surface area contributed by atoms with Gasteiger partial charge < -0.3 is 4.90 Å². The Labute approximate surface area is 200 Å². The Hall–Kier alpha value is -2.13. The molecule has 10 heteroatoms. The number of hydrogen-bond acceptors (Lipinski definition) is 5. The second kappa shape index (κ2) is 10.2. The molecule has 2 aromatic carbocycles. The summed E-state index contributed by atoms with van der Waals surface area (Å²) in [5.41, 5.74) is 2.74. The number of carbonyl (C=O) groups excluding carboxylic acids is 1. The summed E-state index contributed by atoms with van der Waals surface area (Å²) >= 11 is 13.7. The zero-order valence-corrected chi connectivity index (χ0v) is 19.8. The summed E-state index contributed by atoms with van der Waals surface area (Å²) in [6.07, 6.45) is 1.62. The summed E-state index contributed by atoms with van der Waals surface area (Å²) in [4.78, 5) is 16.8. The number of aryl methyl sites for hydroxylation is 1. The molecule has 3 aromatic rings. The molecule has 6 nitrogen and oxygen atoms in total. The second-order valence-electron chi connectivity index (χ2n) is 7.60. The van der Waals surface area contributed by atoms with Gasteiger partial charge in [-0.2, -0.15) is 0 Å². The van der Waals surface area contributed by atoms with E-state index in [1.165, 1.54) is 23.9 Å². The van der Waals surface area contributed by atoms with Crippen molar-refractivity contribution in [2.24, 2.45) is 0 Å². The third-order valence-corrected chi connectivity index (χ3v) is 7.10. The number of rotatable bonds is 6. The normalized spacial score (nSPS) is 14.7. The standard InChI is InChI=1S/C22H22Cl2FN5OS/c1-15-2-5-18(11-19(15)23)30-14-26-27-22(30)32-13-21(31)29-8-6-28(7-9-29)12-16-3-4-17(25)10-20(16)24/h2-5,10-11,14H,6-9,12-13H2,1H3. The zero-order valence-electron chi connectivity index (χ0n) is 17.5. The lowest BCUT2D eigenvalue weighted by atomic mass is 10.2. The fourth-order valence-electron chi connectivity index (χ4n) is 3.50. The Morgan fingerprint density at radius 2 is 1.88 bits per heavy atom. The molecule has 4 rings (SSSR count). The highest BCUT2D eigenvalue weighted by Crippen LogP contribution is 2.24. The van der Waals surface area contributed by atoms with Crippen LogP contribution in [-0.2, 0) is 11.3 Å². The van der Waals surface area contributed by atoms with Gasteiger partial charge in [0, 0.05) is 42.8 Å². The maximum absolute atomic E-state index is 13.2. The molecule has 0 bridgehead atoms. The van der Waals surface area contributed by atoms with E-state index in [1.807, 2.05) is 34.6 Å². The summed E-state index contributed by atoms with van der Waals surface area (Å²) in [6.45, 7) is 5.33. The minimum atomic E-state index is -0.340. The van der Waals surface area contributed by atoms with Gasteiger partial charge >= 0.3 is 0 Å². The van der Waals surface area contributed by atoms with Gasteiger partial charge in [0.25, 0.3) is 0 Å². The number of carbonyl (C=O) groups is 1. The van der Waals surface area contributed by atoms with Crippen molar-refractivity contribution in [3.05, 3.63) is 69.7 Å². The molecule has 1 fully saturated rings. The number of amides is 1. The van der Waals surface area contributed by atoms with Crippen molar-refractivity contribution >= 4 is 40.9 Å². The first-order chi connectivity index (χ1) is 15.4. The predicted molar refractivity (Wildman–Crippen MR) is 125 cm³/mol. The van der Waals surface area contributed by atoms with Crippen molar-refractivity contribution < 1.29 is 9.18 Å². The van der Waals surface area contributed by atoms with Crippen LogP contribution in [0.15, 0.2) is 47.9 Å². The lowest BCUT2D eigenvalue weighted by Crippen LogP contribution is -2.48. The van der Waals surface area contributed by atoms with Crippen LogP contribution in [0.1, 0.15) is 11.1 Å². The Bertz CT molecular complexity index is 1120. The molecule has 2 heterocycles. The number of hydrogen-bond donors (Lipinski definition) is 0. The minimum Gasteiger partial charge on any atom is -0.339 e. The number of benzene rings is 2. The van der Waals surface area contributed by atoms with Gasteiger partial charge in [-0.15, -0.1) is 10.2 Å². The number of halogens is 3. The number of aromatic nitrogens is 3. The van der Waals surface area contributed by atoms with E-state index in [4.69, 9.17) is 23.2 Å². The van der Waals surface area contributed by atoms with Gasteiger partial charge in [-0.05, 0) is 42.3 Å². The highest BCUT2D eigenvalue weighted by Gasteiger charge is 2.22. The fourth-order valence-corrected chi connectivity index (χ4v) is 4.73. The first-order valence-corrected chi connectivity index (χ1v) is 11.9. The first-order valence-electron chi connectivity index (χ1n) is 10.1. The Kier molecular flexibility index (Phi) is 7.35. The van der Waals surface area contributed by atoms with Crippen LogP contribution in [-0.4, -0.2) is 62.4 Å². The van der Waals surface area contributed by atoms with E-state index in [0.29, 0.717) is 34.8 Å². The van der Waals surface area contributed by atoms with Crippen LogP contribution >= 0.6 is 35.0 Å². The Morgan fingerprint density at radius 3 is 2.59 bits per heavy atom. The summed E-state index contributed by atoms with van der Waals surface area (Å²) in [5.74, 6) is 0.00107. The molecule has 0 unspecified atom stereocenters. The van der Waals surface area contributed by atoms with Gasteiger partial charge in [0.1, 0.15) is 12.1 Å². The van der Waals surface area contributed by atoms with E-state index in [2.05, 4.69) is 15.1 Å². The van der Waals surface area contributed by atoms with Crippen LogP contribution in [0, 0.1) is 12.7 Å². The van der Waals surface area contributed by atoms with Gasteiger partial charge in [-0.1, -0.05) is 47.1 Å². The van der Waals surface area contributed by atoms with Crippen molar-refractivity contribution in [3.8, 4) is 5.69 Å². The van der Waals surface area contributed by atoms with E-state index < -0.39 is 0 Å². The number of thioether (sulfide) groups is 1. The Balaban J connectivity index is 1.30. The second-order valence-corrected chi connectivity index (χ2v) is 9.36. The molecule has 0 N–H and O–H groups in total. The molecular formula is C22H22Cl2FN5OS. The van der Waals surface area contributed by atoms with Crippen molar-refractivity contribution in [2.75, 3.05) is 31.9 Å². The largest absolute Gasteiger partial charge is 0.339 e. The molecule has 0 saturated carbocycles. The monoisotopic (exact) mass is 493 g/mol. The zero-order chi connectivity index (χ0) is 22.7. The molecule has 32 heavy (non-hydrogen) atoms.